The number of unbranched alkanes of at least 4 members (excludes halogenated alkanes) is 3. The Morgan fingerprint density at radius 2 is 0.938 bits per heavy atom. The van der Waals surface area contributed by atoms with Crippen molar-refractivity contribution in [2.24, 2.45) is 0 Å². The van der Waals surface area contributed by atoms with Gasteiger partial charge in [0.2, 0.25) is 0 Å². The molecule has 0 aliphatic carbocycles. The van der Waals surface area contributed by atoms with Gasteiger partial charge in [0.15, 0.2) is 0 Å². The van der Waals surface area contributed by atoms with Crippen LogP contribution in [0.15, 0.2) is 84.9 Å². The third-order valence-electron chi connectivity index (χ3n) is 6.77. The van der Waals surface area contributed by atoms with Gasteiger partial charge in [0, 0.05) is 0 Å². The van der Waals surface area contributed by atoms with Gasteiger partial charge >= 0.3 is 203 Å². The first-order chi connectivity index (χ1) is 15.8. The quantitative estimate of drug-likeness (QED) is 0.153. The Balaban J connectivity index is 2.19. The van der Waals surface area contributed by atoms with Crippen LogP contribution >= 0.6 is 7.92 Å². The van der Waals surface area contributed by atoms with Gasteiger partial charge < -0.3 is 0 Å². The minimum absolute atomic E-state index is 0.524. The first-order valence-corrected chi connectivity index (χ1v) is 21.6. The van der Waals surface area contributed by atoms with Crippen molar-refractivity contribution in [3.8, 4) is 0 Å². The van der Waals surface area contributed by atoms with E-state index in [-0.39, 0.29) is 0 Å². The fraction of sp³-hybridized carbons (Fsp3) is 0.400. The SMILES string of the molecule is CCC[CH2][Sn]([CH2]CCC)([CH2]CCC)[c]1ccccc1P(c1ccccc1)c1ccccc1. The molecule has 0 spiro atoms. The first kappa shape index (κ1) is 25.5. The Morgan fingerprint density at radius 1 is 0.531 bits per heavy atom. The van der Waals surface area contributed by atoms with Crippen LogP contribution in [0.1, 0.15) is 59.3 Å². The van der Waals surface area contributed by atoms with Crippen LogP contribution < -0.4 is 19.5 Å². The number of hydrogen-bond acceptors (Lipinski definition) is 0. The van der Waals surface area contributed by atoms with Crippen molar-refractivity contribution < 1.29 is 0 Å². The van der Waals surface area contributed by atoms with Crippen LogP contribution in [0.3, 0.4) is 0 Å². The minimum atomic E-state index is -2.56. The summed E-state index contributed by atoms with van der Waals surface area (Å²) >= 11 is -2.56. The molecule has 3 aromatic rings. The summed E-state index contributed by atoms with van der Waals surface area (Å²) in [7, 11) is -0.524. The Hall–Kier alpha value is -1.11. The normalized spacial score (nSPS) is 11.8. The molecule has 32 heavy (non-hydrogen) atoms. The molecule has 0 fully saturated rings. The monoisotopic (exact) mass is 552 g/mol. The summed E-state index contributed by atoms with van der Waals surface area (Å²) < 4.78 is 6.41. The van der Waals surface area contributed by atoms with E-state index in [0.29, 0.717) is 0 Å². The average molecular weight is 551 g/mol. The second kappa shape index (κ2) is 13.6. The van der Waals surface area contributed by atoms with Crippen LogP contribution in [0.25, 0.3) is 0 Å². The van der Waals surface area contributed by atoms with E-state index in [1.54, 1.807) is 5.30 Å². The molecule has 0 atom stereocenters. The van der Waals surface area contributed by atoms with Crippen LogP contribution in [-0.4, -0.2) is 18.4 Å². The Bertz CT molecular complexity index is 845. The molecule has 0 heterocycles. The Morgan fingerprint density at radius 3 is 1.38 bits per heavy atom. The van der Waals surface area contributed by atoms with Gasteiger partial charge in [-0.2, -0.15) is 0 Å². The van der Waals surface area contributed by atoms with Crippen LogP contribution in [0.2, 0.25) is 13.3 Å². The number of rotatable bonds is 13. The zero-order chi connectivity index (χ0) is 22.7. The van der Waals surface area contributed by atoms with Gasteiger partial charge in [-0.15, -0.1) is 0 Å². The van der Waals surface area contributed by atoms with E-state index in [1.165, 1.54) is 62.4 Å². The zero-order valence-corrected chi connectivity index (χ0v) is 24.1. The molecule has 0 aliphatic heterocycles. The third kappa shape index (κ3) is 6.48. The topological polar surface area (TPSA) is 0 Å². The molecule has 0 bridgehead atoms. The Labute approximate surface area is 202 Å². The van der Waals surface area contributed by atoms with Crippen molar-refractivity contribution in [1.82, 2.24) is 0 Å². The van der Waals surface area contributed by atoms with Gasteiger partial charge in [-0.05, 0) is 0 Å². The van der Waals surface area contributed by atoms with Gasteiger partial charge in [-0.3, -0.25) is 0 Å². The van der Waals surface area contributed by atoms with Crippen LogP contribution in [0.4, 0.5) is 0 Å². The summed E-state index contributed by atoms with van der Waals surface area (Å²) in [4.78, 5) is 0. The van der Waals surface area contributed by atoms with E-state index < -0.39 is 26.3 Å². The molecule has 0 N–H and O–H groups in total. The predicted octanol–water partition coefficient (Wildman–Crippen LogP) is 7.50. The molecule has 3 aromatic carbocycles. The molecule has 0 unspecified atom stereocenters. The zero-order valence-electron chi connectivity index (χ0n) is 20.4. The van der Waals surface area contributed by atoms with E-state index in [1.807, 2.05) is 3.58 Å². The molecule has 2 heteroatoms. The van der Waals surface area contributed by atoms with Gasteiger partial charge in [0.25, 0.3) is 0 Å². The molecule has 0 saturated heterocycles. The molecule has 0 aliphatic rings. The van der Waals surface area contributed by atoms with Crippen molar-refractivity contribution in [2.75, 3.05) is 0 Å². The molecule has 170 valence electrons. The second-order valence-corrected chi connectivity index (χ2v) is 24.4. The van der Waals surface area contributed by atoms with E-state index >= 15 is 0 Å². The third-order valence-corrected chi connectivity index (χ3v) is 25.6. The van der Waals surface area contributed by atoms with Gasteiger partial charge in [0.05, 0.1) is 0 Å². The molecule has 3 rings (SSSR count). The second-order valence-electron chi connectivity index (χ2n) is 9.11. The first-order valence-electron chi connectivity index (χ1n) is 12.8. The Kier molecular flexibility index (Phi) is 10.8. The summed E-state index contributed by atoms with van der Waals surface area (Å²) in [5.41, 5.74) is 0. The molecule has 0 radical (unpaired) electrons. The van der Waals surface area contributed by atoms with E-state index in [0.717, 1.165) is 0 Å². The molecule has 0 aromatic heterocycles. The van der Waals surface area contributed by atoms with Gasteiger partial charge in [-0.25, -0.2) is 0 Å². The molecular weight excluding hydrogens is 510 g/mol. The van der Waals surface area contributed by atoms with Gasteiger partial charge in [-0.1, -0.05) is 0 Å². The summed E-state index contributed by atoms with van der Waals surface area (Å²) in [6.45, 7) is 7.13. The summed E-state index contributed by atoms with van der Waals surface area (Å²) in [5.74, 6) is 0. The fourth-order valence-electron chi connectivity index (χ4n) is 5.02. The van der Waals surface area contributed by atoms with Crippen molar-refractivity contribution in [3.05, 3.63) is 84.9 Å². The van der Waals surface area contributed by atoms with Crippen molar-refractivity contribution in [3.63, 3.8) is 0 Å². The molecule has 0 saturated carbocycles. The number of benzene rings is 3. The summed E-state index contributed by atoms with van der Waals surface area (Å²) in [5, 5.41) is 4.64. The van der Waals surface area contributed by atoms with E-state index in [9.17, 15) is 0 Å². The summed E-state index contributed by atoms with van der Waals surface area (Å²) in [6, 6.07) is 32.3. The maximum absolute atomic E-state index is 2.58. The van der Waals surface area contributed by atoms with Crippen molar-refractivity contribution in [1.29, 1.82) is 0 Å². The van der Waals surface area contributed by atoms with Crippen molar-refractivity contribution in [2.45, 2.75) is 72.6 Å². The molecular formula is C30H41PSn. The standard InChI is InChI=1S/C18H14P.3C4H9.Sn/c1-4-10-16(11-5-1)19(17-12-6-2-7-13-17)18-14-8-3-9-15-18;3*1-3-4-2;/h1-14H;3*1,3-4H2,2H3;. The maximum atomic E-state index is 2.58. The van der Waals surface area contributed by atoms with Crippen LogP contribution in [-0.2, 0) is 0 Å². The van der Waals surface area contributed by atoms with Crippen LogP contribution in [0, 0.1) is 0 Å². The van der Waals surface area contributed by atoms with Gasteiger partial charge in [0.1, 0.15) is 0 Å². The average Bonchev–Trinajstić information content (AvgIpc) is 2.86. The fourth-order valence-corrected chi connectivity index (χ4v) is 26.3. The molecule has 0 nitrogen and oxygen atoms in total. The summed E-state index contributed by atoms with van der Waals surface area (Å²) in [6.07, 6.45) is 8.20. The van der Waals surface area contributed by atoms with E-state index in [4.69, 9.17) is 0 Å². The predicted molar refractivity (Wildman–Crippen MR) is 150 cm³/mol. The number of hydrogen-bond donors (Lipinski definition) is 0. The van der Waals surface area contributed by atoms with E-state index in [2.05, 4.69) is 106 Å². The molecule has 0 amide bonds. The van der Waals surface area contributed by atoms with Crippen molar-refractivity contribution >= 4 is 45.8 Å². The van der Waals surface area contributed by atoms with Crippen LogP contribution in [0.5, 0.6) is 0 Å².